The van der Waals surface area contributed by atoms with E-state index in [1.54, 1.807) is 68.9 Å². The Labute approximate surface area is 192 Å². The summed E-state index contributed by atoms with van der Waals surface area (Å²) in [6.45, 7) is 7.14. The van der Waals surface area contributed by atoms with Crippen molar-refractivity contribution in [1.29, 1.82) is 5.26 Å². The van der Waals surface area contributed by atoms with Crippen molar-refractivity contribution in [2.75, 3.05) is 5.32 Å². The molecule has 0 aliphatic heterocycles. The highest BCUT2D eigenvalue weighted by Crippen LogP contribution is 2.41. The number of amides is 1. The standard InChI is InChI=1S/C24H26N6O3/c1-15(19-10-11-29(27-19)18-7-5-6-16(12-18)14-25)22(31)26-21-13-20(17-8-9-17)30(28-21)23(32)33-24(2,3)4/h5-7,10-13,15,17H,8-9H2,1-4H3,(H,26,28,31). The Balaban J connectivity index is 1.49. The van der Waals surface area contributed by atoms with E-state index in [2.05, 4.69) is 21.6 Å². The van der Waals surface area contributed by atoms with Gasteiger partial charge in [0, 0.05) is 18.2 Å². The fourth-order valence-electron chi connectivity index (χ4n) is 3.38. The first kappa shape index (κ1) is 22.3. The van der Waals surface area contributed by atoms with Crippen LogP contribution in [0.1, 0.15) is 69.3 Å². The van der Waals surface area contributed by atoms with Crippen LogP contribution in [0.4, 0.5) is 10.6 Å². The van der Waals surface area contributed by atoms with Crippen molar-refractivity contribution in [2.24, 2.45) is 0 Å². The van der Waals surface area contributed by atoms with Gasteiger partial charge >= 0.3 is 6.09 Å². The molecule has 1 aliphatic rings. The van der Waals surface area contributed by atoms with Crippen LogP contribution in [-0.4, -0.2) is 37.2 Å². The zero-order valence-corrected chi connectivity index (χ0v) is 19.1. The van der Waals surface area contributed by atoms with Crippen molar-refractivity contribution in [3.63, 3.8) is 0 Å². The van der Waals surface area contributed by atoms with E-state index in [9.17, 15) is 9.59 Å². The summed E-state index contributed by atoms with van der Waals surface area (Å²) in [5.41, 5.74) is 1.94. The summed E-state index contributed by atoms with van der Waals surface area (Å²) in [6, 6.07) is 12.7. The molecule has 170 valence electrons. The SMILES string of the molecule is CC(C(=O)Nc1cc(C2CC2)n(C(=O)OC(C)(C)C)n1)c1ccn(-c2cccc(C#N)c2)n1. The van der Waals surface area contributed by atoms with E-state index >= 15 is 0 Å². The van der Waals surface area contributed by atoms with Crippen LogP contribution in [0.3, 0.4) is 0 Å². The van der Waals surface area contributed by atoms with Gasteiger partial charge in [0.25, 0.3) is 0 Å². The minimum atomic E-state index is -0.645. The summed E-state index contributed by atoms with van der Waals surface area (Å²) in [6.07, 6.45) is 3.14. The van der Waals surface area contributed by atoms with Crippen molar-refractivity contribution in [3.8, 4) is 11.8 Å². The Bertz CT molecular complexity index is 1240. The lowest BCUT2D eigenvalue weighted by atomic mass is 10.1. The van der Waals surface area contributed by atoms with Gasteiger partial charge in [0.05, 0.1) is 34.6 Å². The summed E-state index contributed by atoms with van der Waals surface area (Å²) in [7, 11) is 0. The number of anilines is 1. The topological polar surface area (TPSA) is 115 Å². The lowest BCUT2D eigenvalue weighted by Crippen LogP contribution is -2.28. The molecule has 0 spiro atoms. The zero-order valence-electron chi connectivity index (χ0n) is 19.1. The lowest BCUT2D eigenvalue weighted by Gasteiger charge is -2.19. The van der Waals surface area contributed by atoms with Gasteiger partial charge in [0.2, 0.25) is 5.91 Å². The third kappa shape index (κ3) is 5.12. The van der Waals surface area contributed by atoms with Crippen molar-refractivity contribution >= 4 is 17.8 Å². The van der Waals surface area contributed by atoms with Gasteiger partial charge in [-0.15, -0.1) is 5.10 Å². The van der Waals surface area contributed by atoms with Gasteiger partial charge in [0.1, 0.15) is 5.60 Å². The number of carbonyl (C=O) groups is 2. The molecule has 1 N–H and O–H groups in total. The number of benzene rings is 1. The van der Waals surface area contributed by atoms with Crippen LogP contribution in [0.15, 0.2) is 42.6 Å². The molecule has 0 radical (unpaired) electrons. The quantitative estimate of drug-likeness (QED) is 0.623. The van der Waals surface area contributed by atoms with Gasteiger partial charge in [-0.05, 0) is 64.8 Å². The van der Waals surface area contributed by atoms with Crippen LogP contribution < -0.4 is 5.32 Å². The summed E-state index contributed by atoms with van der Waals surface area (Å²) in [5, 5.41) is 20.7. The maximum atomic E-state index is 12.9. The van der Waals surface area contributed by atoms with E-state index in [1.807, 2.05) is 6.07 Å². The minimum Gasteiger partial charge on any atom is -0.442 e. The average molecular weight is 447 g/mol. The Morgan fingerprint density at radius 3 is 2.64 bits per heavy atom. The first-order valence-electron chi connectivity index (χ1n) is 10.8. The molecule has 4 rings (SSSR count). The van der Waals surface area contributed by atoms with E-state index in [1.165, 1.54) is 4.68 Å². The van der Waals surface area contributed by atoms with Crippen LogP contribution >= 0.6 is 0 Å². The Hall–Kier alpha value is -3.93. The van der Waals surface area contributed by atoms with Gasteiger partial charge in [-0.1, -0.05) is 6.07 Å². The number of aromatic nitrogens is 4. The number of nitriles is 1. The highest BCUT2D eigenvalue weighted by Gasteiger charge is 2.32. The summed E-state index contributed by atoms with van der Waals surface area (Å²) in [4.78, 5) is 25.5. The third-order valence-corrected chi connectivity index (χ3v) is 5.24. The Morgan fingerprint density at radius 2 is 1.97 bits per heavy atom. The molecule has 1 aliphatic carbocycles. The normalized spacial score (nSPS) is 14.4. The molecule has 9 nitrogen and oxygen atoms in total. The smallest absolute Gasteiger partial charge is 0.435 e. The molecule has 1 unspecified atom stereocenters. The van der Waals surface area contributed by atoms with Gasteiger partial charge in [-0.3, -0.25) is 4.79 Å². The van der Waals surface area contributed by atoms with Crippen LogP contribution in [0.5, 0.6) is 0 Å². The van der Waals surface area contributed by atoms with E-state index in [-0.39, 0.29) is 11.8 Å². The number of hydrogen-bond acceptors (Lipinski definition) is 6. The molecule has 3 aromatic rings. The van der Waals surface area contributed by atoms with Crippen molar-refractivity contribution in [2.45, 2.75) is 58.0 Å². The fraction of sp³-hybridized carbons (Fsp3) is 0.375. The first-order chi connectivity index (χ1) is 15.6. The fourth-order valence-corrected chi connectivity index (χ4v) is 3.38. The number of rotatable bonds is 5. The number of hydrogen-bond donors (Lipinski definition) is 1. The van der Waals surface area contributed by atoms with E-state index < -0.39 is 17.6 Å². The number of nitrogens with one attached hydrogen (secondary N) is 1. The number of nitrogens with zero attached hydrogens (tertiary/aromatic N) is 5. The second-order valence-electron chi connectivity index (χ2n) is 9.18. The largest absolute Gasteiger partial charge is 0.442 e. The Kier molecular flexibility index (Phi) is 5.77. The van der Waals surface area contributed by atoms with Gasteiger partial charge in [0.15, 0.2) is 5.82 Å². The maximum absolute atomic E-state index is 12.9. The van der Waals surface area contributed by atoms with Gasteiger partial charge < -0.3 is 10.1 Å². The molecule has 0 saturated heterocycles. The maximum Gasteiger partial charge on any atom is 0.435 e. The molecule has 0 bridgehead atoms. The van der Waals surface area contributed by atoms with Crippen molar-refractivity contribution < 1.29 is 14.3 Å². The lowest BCUT2D eigenvalue weighted by molar-refractivity contribution is -0.117. The molecule has 1 aromatic carbocycles. The molecular formula is C24H26N6O3. The molecule has 1 fully saturated rings. The molecule has 33 heavy (non-hydrogen) atoms. The predicted molar refractivity (Wildman–Crippen MR) is 121 cm³/mol. The second-order valence-corrected chi connectivity index (χ2v) is 9.18. The van der Waals surface area contributed by atoms with Crippen molar-refractivity contribution in [1.82, 2.24) is 19.6 Å². The first-order valence-corrected chi connectivity index (χ1v) is 10.8. The van der Waals surface area contributed by atoms with Crippen LogP contribution in [0.25, 0.3) is 5.69 Å². The summed E-state index contributed by atoms with van der Waals surface area (Å²) < 4.78 is 8.33. The van der Waals surface area contributed by atoms with Gasteiger partial charge in [-0.25, -0.2) is 9.48 Å². The molecule has 1 saturated carbocycles. The molecule has 1 amide bonds. The minimum absolute atomic E-state index is 0.243. The van der Waals surface area contributed by atoms with E-state index in [0.29, 0.717) is 17.1 Å². The molecule has 2 aromatic heterocycles. The summed E-state index contributed by atoms with van der Waals surface area (Å²) >= 11 is 0. The monoisotopic (exact) mass is 446 g/mol. The third-order valence-electron chi connectivity index (χ3n) is 5.24. The highest BCUT2D eigenvalue weighted by atomic mass is 16.6. The molecule has 9 heteroatoms. The number of carbonyl (C=O) groups excluding carboxylic acids is 2. The average Bonchev–Trinajstić information content (AvgIpc) is 3.33. The van der Waals surface area contributed by atoms with E-state index in [0.717, 1.165) is 24.2 Å². The van der Waals surface area contributed by atoms with Gasteiger partial charge in [-0.2, -0.15) is 15.0 Å². The molecular weight excluding hydrogens is 420 g/mol. The van der Waals surface area contributed by atoms with Crippen LogP contribution in [0, 0.1) is 11.3 Å². The second kappa shape index (κ2) is 8.54. The summed E-state index contributed by atoms with van der Waals surface area (Å²) in [5.74, 6) is -0.294. The van der Waals surface area contributed by atoms with Crippen LogP contribution in [-0.2, 0) is 9.53 Å². The molecule has 2 heterocycles. The van der Waals surface area contributed by atoms with Crippen molar-refractivity contribution in [3.05, 3.63) is 59.5 Å². The molecule has 1 atom stereocenters. The van der Waals surface area contributed by atoms with Crippen LogP contribution in [0.2, 0.25) is 0 Å². The zero-order chi connectivity index (χ0) is 23.8. The highest BCUT2D eigenvalue weighted by molar-refractivity contribution is 5.94. The Morgan fingerprint density at radius 1 is 1.21 bits per heavy atom. The predicted octanol–water partition coefficient (Wildman–Crippen LogP) is 4.34. The number of ether oxygens (including phenoxy) is 1. The van der Waals surface area contributed by atoms with E-state index in [4.69, 9.17) is 10.00 Å².